The number of anilines is 2. The van der Waals surface area contributed by atoms with Gasteiger partial charge in [-0.25, -0.2) is 0 Å². The largest absolute Gasteiger partial charge is 0.405 e. The first kappa shape index (κ1) is 17.8. The Balaban J connectivity index is 2.18. The third kappa shape index (κ3) is 5.55. The van der Waals surface area contributed by atoms with Gasteiger partial charge in [-0.15, -0.1) is 0 Å². The SMILES string of the molecule is C=C/C=C(\C=C/N)/C=C/c1cccc(Nc2cccc(C(N)=O)c2)c1. The van der Waals surface area contributed by atoms with Crippen LogP contribution in [-0.2, 0) is 0 Å². The van der Waals surface area contributed by atoms with Gasteiger partial charge in [-0.05, 0) is 53.7 Å². The summed E-state index contributed by atoms with van der Waals surface area (Å²) in [6, 6.07) is 15.0. The van der Waals surface area contributed by atoms with Crippen molar-refractivity contribution in [3.8, 4) is 0 Å². The molecule has 0 bridgehead atoms. The number of amides is 1. The van der Waals surface area contributed by atoms with E-state index in [1.165, 1.54) is 6.20 Å². The Hall–Kier alpha value is -3.53. The highest BCUT2D eigenvalue weighted by Gasteiger charge is 2.01. The van der Waals surface area contributed by atoms with Gasteiger partial charge in [0.1, 0.15) is 0 Å². The first-order valence-corrected chi connectivity index (χ1v) is 7.78. The van der Waals surface area contributed by atoms with Gasteiger partial charge in [0, 0.05) is 16.9 Å². The molecule has 4 nitrogen and oxygen atoms in total. The number of hydrogen-bond donors (Lipinski definition) is 3. The minimum absolute atomic E-state index is 0.449. The lowest BCUT2D eigenvalue weighted by Crippen LogP contribution is -2.10. The van der Waals surface area contributed by atoms with Crippen molar-refractivity contribution in [1.82, 2.24) is 0 Å². The van der Waals surface area contributed by atoms with Crippen LogP contribution in [0.4, 0.5) is 11.4 Å². The van der Waals surface area contributed by atoms with E-state index >= 15 is 0 Å². The predicted molar refractivity (Wildman–Crippen MR) is 105 cm³/mol. The molecular formula is C21H21N3O. The second kappa shape index (κ2) is 8.93. The molecule has 0 radical (unpaired) electrons. The molecule has 126 valence electrons. The van der Waals surface area contributed by atoms with Crippen LogP contribution >= 0.6 is 0 Å². The zero-order valence-corrected chi connectivity index (χ0v) is 13.9. The number of carbonyl (C=O) groups excluding carboxylic acids is 1. The van der Waals surface area contributed by atoms with Gasteiger partial charge in [0.05, 0.1) is 0 Å². The van der Waals surface area contributed by atoms with E-state index in [0.29, 0.717) is 5.56 Å². The second-order valence-electron chi connectivity index (χ2n) is 5.29. The van der Waals surface area contributed by atoms with E-state index in [1.54, 1.807) is 30.4 Å². The Kier molecular flexibility index (Phi) is 6.37. The lowest BCUT2D eigenvalue weighted by atomic mass is 10.1. The van der Waals surface area contributed by atoms with E-state index in [4.69, 9.17) is 11.5 Å². The highest BCUT2D eigenvalue weighted by atomic mass is 16.1. The second-order valence-corrected chi connectivity index (χ2v) is 5.29. The molecule has 1 amide bonds. The van der Waals surface area contributed by atoms with Crippen LogP contribution in [0.25, 0.3) is 6.08 Å². The highest BCUT2D eigenvalue weighted by molar-refractivity contribution is 5.93. The summed E-state index contributed by atoms with van der Waals surface area (Å²) in [7, 11) is 0. The van der Waals surface area contributed by atoms with E-state index < -0.39 is 5.91 Å². The number of rotatable bonds is 7. The van der Waals surface area contributed by atoms with Gasteiger partial charge in [-0.2, -0.15) is 0 Å². The molecule has 0 saturated heterocycles. The molecule has 0 spiro atoms. The quantitative estimate of drug-likeness (QED) is 0.667. The van der Waals surface area contributed by atoms with Crippen LogP contribution in [0, 0.1) is 0 Å². The molecule has 5 N–H and O–H groups in total. The van der Waals surface area contributed by atoms with Crippen LogP contribution in [0.2, 0.25) is 0 Å². The lowest BCUT2D eigenvalue weighted by Gasteiger charge is -2.08. The Bertz CT molecular complexity index is 848. The fraction of sp³-hybridized carbons (Fsp3) is 0. The van der Waals surface area contributed by atoms with E-state index in [0.717, 1.165) is 22.5 Å². The van der Waals surface area contributed by atoms with Crippen LogP contribution in [-0.4, -0.2) is 5.91 Å². The first-order valence-electron chi connectivity index (χ1n) is 7.78. The van der Waals surface area contributed by atoms with Crippen LogP contribution in [0.15, 0.2) is 91.2 Å². The average molecular weight is 331 g/mol. The van der Waals surface area contributed by atoms with Gasteiger partial charge >= 0.3 is 0 Å². The van der Waals surface area contributed by atoms with Crippen LogP contribution in [0.3, 0.4) is 0 Å². The summed E-state index contributed by atoms with van der Waals surface area (Å²) in [5.41, 5.74) is 14.9. The Labute approximate surface area is 147 Å². The molecule has 4 heteroatoms. The van der Waals surface area contributed by atoms with Crippen molar-refractivity contribution >= 4 is 23.4 Å². The smallest absolute Gasteiger partial charge is 0.248 e. The van der Waals surface area contributed by atoms with Crippen LogP contribution < -0.4 is 16.8 Å². The zero-order valence-electron chi connectivity index (χ0n) is 13.9. The van der Waals surface area contributed by atoms with Crippen LogP contribution in [0.5, 0.6) is 0 Å². The van der Waals surface area contributed by atoms with Crippen LogP contribution in [0.1, 0.15) is 15.9 Å². The summed E-state index contributed by atoms with van der Waals surface area (Å²) < 4.78 is 0. The van der Waals surface area contributed by atoms with Gasteiger partial charge in [-0.1, -0.05) is 49.1 Å². The monoisotopic (exact) mass is 331 g/mol. The summed E-state index contributed by atoms with van der Waals surface area (Å²) in [6.45, 7) is 3.69. The Morgan fingerprint density at radius 2 is 1.76 bits per heavy atom. The average Bonchev–Trinajstić information content (AvgIpc) is 2.61. The third-order valence-corrected chi connectivity index (χ3v) is 3.39. The molecule has 2 rings (SSSR count). The van der Waals surface area contributed by atoms with Crippen molar-refractivity contribution in [3.63, 3.8) is 0 Å². The maximum atomic E-state index is 11.3. The number of benzene rings is 2. The highest BCUT2D eigenvalue weighted by Crippen LogP contribution is 2.20. The summed E-state index contributed by atoms with van der Waals surface area (Å²) in [4.78, 5) is 11.3. The van der Waals surface area contributed by atoms with Crippen molar-refractivity contribution in [1.29, 1.82) is 0 Å². The zero-order chi connectivity index (χ0) is 18.1. The van der Waals surface area contributed by atoms with Gasteiger partial charge in [0.2, 0.25) is 5.91 Å². The summed E-state index contributed by atoms with van der Waals surface area (Å²) >= 11 is 0. The number of allylic oxidation sites excluding steroid dienone is 5. The lowest BCUT2D eigenvalue weighted by molar-refractivity contribution is 0.100. The number of carbonyl (C=O) groups is 1. The topological polar surface area (TPSA) is 81.1 Å². The number of nitrogens with one attached hydrogen (secondary N) is 1. The molecular weight excluding hydrogens is 310 g/mol. The molecule has 0 aromatic heterocycles. The summed E-state index contributed by atoms with van der Waals surface area (Å²) in [5.74, 6) is -0.449. The predicted octanol–water partition coefficient (Wildman–Crippen LogP) is 4.13. The molecule has 0 aliphatic rings. The van der Waals surface area contributed by atoms with Gasteiger partial charge in [0.15, 0.2) is 0 Å². The fourth-order valence-electron chi connectivity index (χ4n) is 2.24. The molecule has 0 unspecified atom stereocenters. The molecule has 0 saturated carbocycles. The minimum Gasteiger partial charge on any atom is -0.405 e. The molecule has 0 aliphatic carbocycles. The number of primary amides is 1. The first-order chi connectivity index (χ1) is 12.1. The Morgan fingerprint density at radius 1 is 1.04 bits per heavy atom. The molecule has 25 heavy (non-hydrogen) atoms. The molecule has 0 heterocycles. The molecule has 2 aromatic rings. The minimum atomic E-state index is -0.449. The maximum Gasteiger partial charge on any atom is 0.248 e. The van der Waals surface area contributed by atoms with E-state index in [1.807, 2.05) is 48.6 Å². The fourth-order valence-corrected chi connectivity index (χ4v) is 2.24. The van der Waals surface area contributed by atoms with E-state index in [-0.39, 0.29) is 0 Å². The van der Waals surface area contributed by atoms with Crippen molar-refractivity contribution in [2.75, 3.05) is 5.32 Å². The third-order valence-electron chi connectivity index (χ3n) is 3.39. The van der Waals surface area contributed by atoms with Crippen molar-refractivity contribution in [2.45, 2.75) is 0 Å². The molecule has 2 aromatic carbocycles. The van der Waals surface area contributed by atoms with E-state index in [9.17, 15) is 4.79 Å². The summed E-state index contributed by atoms with van der Waals surface area (Å²) in [6.07, 6.45) is 10.8. The van der Waals surface area contributed by atoms with Crippen molar-refractivity contribution in [3.05, 3.63) is 102 Å². The number of hydrogen-bond acceptors (Lipinski definition) is 3. The van der Waals surface area contributed by atoms with Crippen molar-refractivity contribution in [2.24, 2.45) is 11.5 Å². The molecule has 0 atom stereocenters. The Morgan fingerprint density at radius 3 is 2.44 bits per heavy atom. The van der Waals surface area contributed by atoms with Gasteiger partial charge in [-0.3, -0.25) is 4.79 Å². The normalized spacial score (nSPS) is 11.8. The van der Waals surface area contributed by atoms with Gasteiger partial charge in [0.25, 0.3) is 0 Å². The van der Waals surface area contributed by atoms with E-state index in [2.05, 4.69) is 11.9 Å². The standard InChI is InChI=1S/C21H21N3O/c1-2-5-16(12-13-22)10-11-17-6-3-8-19(14-17)24-20-9-4-7-18(15-20)21(23)25/h2-15,24H,1,22H2,(H2,23,25)/b11-10+,13-12-,16-5-. The van der Waals surface area contributed by atoms with Crippen molar-refractivity contribution < 1.29 is 4.79 Å². The number of nitrogens with two attached hydrogens (primary N) is 2. The molecule has 0 aliphatic heterocycles. The van der Waals surface area contributed by atoms with Gasteiger partial charge < -0.3 is 16.8 Å². The summed E-state index contributed by atoms with van der Waals surface area (Å²) in [5, 5.41) is 3.27. The maximum absolute atomic E-state index is 11.3. The molecule has 0 fully saturated rings.